The third kappa shape index (κ3) is 3.06. The first-order valence-electron chi connectivity index (χ1n) is 5.50. The Kier molecular flexibility index (Phi) is 3.96. The molecule has 0 spiro atoms. The van der Waals surface area contributed by atoms with Crippen LogP contribution in [0.3, 0.4) is 0 Å². The van der Waals surface area contributed by atoms with Gasteiger partial charge < -0.3 is 10.6 Å². The number of hydrogen-bond donors (Lipinski definition) is 2. The molecule has 1 aromatic rings. The summed E-state index contributed by atoms with van der Waals surface area (Å²) in [6.45, 7) is 2.85. The van der Waals surface area contributed by atoms with Crippen LogP contribution in [0, 0.1) is 5.92 Å². The first kappa shape index (κ1) is 11.6. The van der Waals surface area contributed by atoms with Gasteiger partial charge in [0.25, 0.3) is 5.91 Å². The molecule has 86 valence electrons. The van der Waals surface area contributed by atoms with Crippen LogP contribution in [0.15, 0.2) is 28.7 Å². The minimum Gasteiger partial charge on any atom is -0.352 e. The lowest BCUT2D eigenvalue weighted by Gasteiger charge is -2.09. The fourth-order valence-electron chi connectivity index (χ4n) is 1.83. The summed E-state index contributed by atoms with van der Waals surface area (Å²) in [7, 11) is 0. The van der Waals surface area contributed by atoms with Crippen molar-refractivity contribution < 1.29 is 4.79 Å². The molecule has 1 saturated heterocycles. The third-order valence-corrected chi connectivity index (χ3v) is 3.35. The van der Waals surface area contributed by atoms with E-state index in [0.29, 0.717) is 11.5 Å². The van der Waals surface area contributed by atoms with Crippen molar-refractivity contribution in [1.29, 1.82) is 0 Å². The topological polar surface area (TPSA) is 41.1 Å². The number of carbonyl (C=O) groups is 1. The lowest BCUT2D eigenvalue weighted by atomic mass is 10.1. The van der Waals surface area contributed by atoms with E-state index in [4.69, 9.17) is 0 Å². The zero-order valence-corrected chi connectivity index (χ0v) is 10.6. The van der Waals surface area contributed by atoms with Gasteiger partial charge in [-0.15, -0.1) is 0 Å². The van der Waals surface area contributed by atoms with E-state index in [1.807, 2.05) is 24.3 Å². The van der Waals surface area contributed by atoms with E-state index >= 15 is 0 Å². The molecule has 3 nitrogen and oxygen atoms in total. The summed E-state index contributed by atoms with van der Waals surface area (Å²) < 4.78 is 0.990. The zero-order valence-electron chi connectivity index (χ0n) is 9.00. The number of nitrogens with one attached hydrogen (secondary N) is 2. The van der Waals surface area contributed by atoms with Crippen molar-refractivity contribution in [2.75, 3.05) is 19.6 Å². The fraction of sp³-hybridized carbons (Fsp3) is 0.417. The van der Waals surface area contributed by atoms with Crippen LogP contribution >= 0.6 is 15.9 Å². The maximum absolute atomic E-state index is 11.8. The summed E-state index contributed by atoms with van der Waals surface area (Å²) in [5.74, 6) is 0.596. The predicted molar refractivity (Wildman–Crippen MR) is 67.5 cm³/mol. The molecule has 1 amide bonds. The highest BCUT2D eigenvalue weighted by molar-refractivity contribution is 9.10. The number of carbonyl (C=O) groups excluding carboxylic acids is 1. The van der Waals surface area contributed by atoms with Gasteiger partial charge in [0.2, 0.25) is 0 Å². The lowest BCUT2D eigenvalue weighted by molar-refractivity contribution is 0.0948. The molecule has 0 aromatic heterocycles. The largest absolute Gasteiger partial charge is 0.352 e. The van der Waals surface area contributed by atoms with Crippen molar-refractivity contribution >= 4 is 21.8 Å². The van der Waals surface area contributed by atoms with Crippen molar-refractivity contribution in [3.8, 4) is 0 Å². The second-order valence-electron chi connectivity index (χ2n) is 4.08. The van der Waals surface area contributed by atoms with Crippen LogP contribution in [0.4, 0.5) is 0 Å². The number of halogens is 1. The first-order valence-corrected chi connectivity index (χ1v) is 6.29. The standard InChI is InChI=1S/C12H15BrN2O/c13-11-3-1-10(2-4-11)12(16)15-8-9-5-6-14-7-9/h1-4,9,14H,5-8H2,(H,15,16)/t9-/m1/s1. The van der Waals surface area contributed by atoms with Crippen molar-refractivity contribution in [2.24, 2.45) is 5.92 Å². The van der Waals surface area contributed by atoms with Gasteiger partial charge in [-0.2, -0.15) is 0 Å². The first-order chi connectivity index (χ1) is 7.75. The van der Waals surface area contributed by atoms with Gasteiger partial charge in [-0.25, -0.2) is 0 Å². The molecule has 1 aliphatic rings. The monoisotopic (exact) mass is 282 g/mol. The van der Waals surface area contributed by atoms with Crippen molar-refractivity contribution in [3.63, 3.8) is 0 Å². The van der Waals surface area contributed by atoms with Gasteiger partial charge >= 0.3 is 0 Å². The van der Waals surface area contributed by atoms with Crippen LogP contribution < -0.4 is 10.6 Å². The lowest BCUT2D eigenvalue weighted by Crippen LogP contribution is -2.30. The predicted octanol–water partition coefficient (Wildman–Crippen LogP) is 1.79. The van der Waals surface area contributed by atoms with Gasteiger partial charge in [0.1, 0.15) is 0 Å². The number of hydrogen-bond acceptors (Lipinski definition) is 2. The Morgan fingerprint density at radius 2 is 2.19 bits per heavy atom. The minimum absolute atomic E-state index is 0.0133. The number of benzene rings is 1. The number of rotatable bonds is 3. The summed E-state index contributed by atoms with van der Waals surface area (Å²) in [6.07, 6.45) is 1.15. The van der Waals surface area contributed by atoms with E-state index < -0.39 is 0 Å². The molecular weight excluding hydrogens is 268 g/mol. The Morgan fingerprint density at radius 1 is 1.44 bits per heavy atom. The Hall–Kier alpha value is -0.870. The van der Waals surface area contributed by atoms with Gasteiger partial charge in [-0.05, 0) is 49.7 Å². The van der Waals surface area contributed by atoms with Crippen LogP contribution in [0.1, 0.15) is 16.8 Å². The summed E-state index contributed by atoms with van der Waals surface area (Å²) in [5, 5.41) is 6.25. The Balaban J connectivity index is 1.85. The fourth-order valence-corrected chi connectivity index (χ4v) is 2.09. The summed E-state index contributed by atoms with van der Waals surface area (Å²) in [5.41, 5.74) is 0.717. The van der Waals surface area contributed by atoms with E-state index in [9.17, 15) is 4.79 Å². The Bertz CT molecular complexity index is 358. The van der Waals surface area contributed by atoms with Gasteiger partial charge in [0.15, 0.2) is 0 Å². The third-order valence-electron chi connectivity index (χ3n) is 2.82. The molecule has 0 bridgehead atoms. The molecule has 16 heavy (non-hydrogen) atoms. The van der Waals surface area contributed by atoms with Crippen molar-refractivity contribution in [3.05, 3.63) is 34.3 Å². The summed E-state index contributed by atoms with van der Waals surface area (Å²) >= 11 is 3.35. The Labute approximate surface area is 104 Å². The molecule has 2 N–H and O–H groups in total. The summed E-state index contributed by atoms with van der Waals surface area (Å²) in [4.78, 5) is 11.8. The molecule has 0 unspecified atom stereocenters. The van der Waals surface area contributed by atoms with Gasteiger partial charge in [-0.1, -0.05) is 15.9 Å². The molecule has 1 atom stereocenters. The van der Waals surface area contributed by atoms with Crippen LogP contribution in [-0.2, 0) is 0 Å². The van der Waals surface area contributed by atoms with E-state index in [1.54, 1.807) is 0 Å². The molecule has 0 aliphatic carbocycles. The smallest absolute Gasteiger partial charge is 0.251 e. The molecule has 1 aromatic carbocycles. The highest BCUT2D eigenvalue weighted by atomic mass is 79.9. The maximum atomic E-state index is 11.8. The van der Waals surface area contributed by atoms with Gasteiger partial charge in [0.05, 0.1) is 0 Å². The molecular formula is C12H15BrN2O. The van der Waals surface area contributed by atoms with Crippen LogP contribution in [-0.4, -0.2) is 25.5 Å². The van der Waals surface area contributed by atoms with Crippen molar-refractivity contribution in [2.45, 2.75) is 6.42 Å². The highest BCUT2D eigenvalue weighted by Gasteiger charge is 2.15. The molecule has 1 fully saturated rings. The average Bonchev–Trinajstić information content (AvgIpc) is 2.80. The molecule has 2 rings (SSSR count). The zero-order chi connectivity index (χ0) is 11.4. The maximum Gasteiger partial charge on any atom is 0.251 e. The van der Waals surface area contributed by atoms with Crippen LogP contribution in [0.25, 0.3) is 0 Å². The normalized spacial score (nSPS) is 19.7. The molecule has 4 heteroatoms. The molecule has 1 aliphatic heterocycles. The molecule has 0 radical (unpaired) electrons. The second kappa shape index (κ2) is 5.46. The SMILES string of the molecule is O=C(NC[C@@H]1CCNC1)c1ccc(Br)cc1. The van der Waals surface area contributed by atoms with Crippen LogP contribution in [0.2, 0.25) is 0 Å². The van der Waals surface area contributed by atoms with E-state index in [0.717, 1.165) is 30.5 Å². The highest BCUT2D eigenvalue weighted by Crippen LogP contribution is 2.11. The number of amides is 1. The van der Waals surface area contributed by atoms with Crippen molar-refractivity contribution in [1.82, 2.24) is 10.6 Å². The average molecular weight is 283 g/mol. The van der Waals surface area contributed by atoms with E-state index in [-0.39, 0.29) is 5.91 Å². The summed E-state index contributed by atoms with van der Waals surface area (Å²) in [6, 6.07) is 7.41. The minimum atomic E-state index is 0.0133. The van der Waals surface area contributed by atoms with E-state index in [2.05, 4.69) is 26.6 Å². The quantitative estimate of drug-likeness (QED) is 0.888. The van der Waals surface area contributed by atoms with Crippen LogP contribution in [0.5, 0.6) is 0 Å². The molecule has 0 saturated carbocycles. The Morgan fingerprint density at radius 3 is 2.81 bits per heavy atom. The molecule has 1 heterocycles. The second-order valence-corrected chi connectivity index (χ2v) is 4.99. The van der Waals surface area contributed by atoms with E-state index in [1.165, 1.54) is 0 Å². The van der Waals surface area contributed by atoms with Gasteiger partial charge in [0, 0.05) is 16.6 Å². The van der Waals surface area contributed by atoms with Gasteiger partial charge in [-0.3, -0.25) is 4.79 Å².